The molecule has 6 nitrogen and oxygen atoms in total. The van der Waals surface area contributed by atoms with E-state index in [1.165, 1.54) is 11.3 Å². The van der Waals surface area contributed by atoms with Crippen LogP contribution in [0.4, 0.5) is 5.69 Å². The second-order valence-electron chi connectivity index (χ2n) is 7.09. The summed E-state index contributed by atoms with van der Waals surface area (Å²) in [5.74, 6) is -0.236. The smallest absolute Gasteiger partial charge is 0.274 e. The number of carbonyl (C=O) groups excluding carboxylic acids is 1. The Hall–Kier alpha value is -2.86. The quantitative estimate of drug-likeness (QED) is 0.733. The van der Waals surface area contributed by atoms with Crippen molar-refractivity contribution >= 4 is 23.2 Å². The van der Waals surface area contributed by atoms with Gasteiger partial charge in [-0.1, -0.05) is 35.0 Å². The molecule has 0 aliphatic carbocycles. The summed E-state index contributed by atoms with van der Waals surface area (Å²) in [5, 5.41) is 11.7. The number of anilines is 1. The van der Waals surface area contributed by atoms with Crippen LogP contribution in [0.25, 0.3) is 5.69 Å². The molecule has 0 radical (unpaired) electrons. The number of hydrogen-bond acceptors (Lipinski definition) is 4. The second kappa shape index (κ2) is 7.64. The van der Waals surface area contributed by atoms with Crippen molar-refractivity contribution in [2.75, 3.05) is 18.5 Å². The number of halogens is 1. The van der Waals surface area contributed by atoms with Crippen LogP contribution >= 0.6 is 11.6 Å². The number of carbonyl (C=O) groups is 1. The first kappa shape index (κ1) is 18.5. The van der Waals surface area contributed by atoms with Crippen molar-refractivity contribution in [3.8, 4) is 5.69 Å². The highest BCUT2D eigenvalue weighted by atomic mass is 35.5. The Morgan fingerprint density at radius 1 is 1.25 bits per heavy atom. The average Bonchev–Trinajstić information content (AvgIpc) is 3.08. The van der Waals surface area contributed by atoms with E-state index in [0.717, 1.165) is 30.6 Å². The van der Waals surface area contributed by atoms with Crippen LogP contribution in [0.1, 0.15) is 33.7 Å². The van der Waals surface area contributed by atoms with Gasteiger partial charge >= 0.3 is 0 Å². The minimum atomic E-state index is -0.236. The van der Waals surface area contributed by atoms with Gasteiger partial charge in [0.1, 0.15) is 0 Å². The van der Waals surface area contributed by atoms with Crippen molar-refractivity contribution in [1.29, 1.82) is 0 Å². The van der Waals surface area contributed by atoms with Gasteiger partial charge in [-0.3, -0.25) is 4.79 Å². The maximum Gasteiger partial charge on any atom is 0.274 e. The number of nitrogens with zero attached hydrogens (tertiary/aromatic N) is 4. The number of fused-ring (bicyclic) bond motifs is 1. The van der Waals surface area contributed by atoms with Crippen molar-refractivity contribution in [1.82, 2.24) is 20.3 Å². The fourth-order valence-corrected chi connectivity index (χ4v) is 3.79. The highest BCUT2D eigenvalue weighted by molar-refractivity contribution is 6.30. The van der Waals surface area contributed by atoms with Crippen molar-refractivity contribution in [3.63, 3.8) is 0 Å². The zero-order valence-electron chi connectivity index (χ0n) is 15.9. The number of rotatable bonds is 4. The summed E-state index contributed by atoms with van der Waals surface area (Å²) >= 11 is 6.05. The molecule has 0 saturated heterocycles. The summed E-state index contributed by atoms with van der Waals surface area (Å²) in [5.41, 5.74) is 5.47. The van der Waals surface area contributed by atoms with Gasteiger partial charge in [-0.05, 0) is 55.2 Å². The maximum atomic E-state index is 12.6. The minimum absolute atomic E-state index is 0.236. The first-order chi connectivity index (χ1) is 13.5. The van der Waals surface area contributed by atoms with E-state index in [0.29, 0.717) is 23.0 Å². The maximum absolute atomic E-state index is 12.6. The van der Waals surface area contributed by atoms with Crippen molar-refractivity contribution < 1.29 is 4.79 Å². The highest BCUT2D eigenvalue weighted by Crippen LogP contribution is 2.26. The largest absolute Gasteiger partial charge is 0.374 e. The molecule has 1 aromatic heterocycles. The third kappa shape index (κ3) is 3.60. The van der Waals surface area contributed by atoms with E-state index < -0.39 is 0 Å². The van der Waals surface area contributed by atoms with Crippen molar-refractivity contribution in [2.45, 2.75) is 26.3 Å². The Kier molecular flexibility index (Phi) is 5.05. The number of benzene rings is 2. The van der Waals surface area contributed by atoms with Crippen LogP contribution in [0.5, 0.6) is 0 Å². The Morgan fingerprint density at radius 3 is 2.93 bits per heavy atom. The zero-order valence-corrected chi connectivity index (χ0v) is 16.7. The number of aryl methyl sites for hydroxylation is 1. The summed E-state index contributed by atoms with van der Waals surface area (Å²) < 4.78 is 1.62. The molecule has 0 bridgehead atoms. The van der Waals surface area contributed by atoms with Gasteiger partial charge in [0.15, 0.2) is 5.69 Å². The SMILES string of the molecule is Cc1c(C(=O)NCc2ccc3c(c2)CCCN3C)nnn1-c1cccc(Cl)c1. The zero-order chi connectivity index (χ0) is 19.7. The summed E-state index contributed by atoms with van der Waals surface area (Å²) in [6, 6.07) is 13.7. The number of hydrogen-bond donors (Lipinski definition) is 1. The molecule has 1 aliphatic heterocycles. The molecule has 0 fully saturated rings. The fraction of sp³-hybridized carbons (Fsp3) is 0.286. The lowest BCUT2D eigenvalue weighted by Crippen LogP contribution is -2.26. The van der Waals surface area contributed by atoms with Crippen LogP contribution in [-0.4, -0.2) is 34.5 Å². The monoisotopic (exact) mass is 395 g/mol. The van der Waals surface area contributed by atoms with Crippen LogP contribution in [0.3, 0.4) is 0 Å². The third-order valence-corrected chi connectivity index (χ3v) is 5.35. The lowest BCUT2D eigenvalue weighted by Gasteiger charge is -2.27. The highest BCUT2D eigenvalue weighted by Gasteiger charge is 2.18. The molecule has 2 heterocycles. The van der Waals surface area contributed by atoms with E-state index in [2.05, 4.69) is 45.8 Å². The Bertz CT molecular complexity index is 1030. The van der Waals surface area contributed by atoms with Crippen molar-refractivity contribution in [2.24, 2.45) is 0 Å². The predicted octanol–water partition coefficient (Wildman–Crippen LogP) is 3.54. The lowest BCUT2D eigenvalue weighted by molar-refractivity contribution is 0.0945. The molecule has 3 aromatic rings. The van der Waals surface area contributed by atoms with Crippen LogP contribution in [0, 0.1) is 6.92 Å². The van der Waals surface area contributed by atoms with E-state index in [-0.39, 0.29) is 5.91 Å². The standard InChI is InChI=1S/C21H22ClN5O/c1-14-20(24-25-27(14)18-7-3-6-17(22)12-18)21(28)23-13-15-8-9-19-16(11-15)5-4-10-26(19)2/h3,6-9,11-12H,4-5,10,13H2,1-2H3,(H,23,28). The summed E-state index contributed by atoms with van der Waals surface area (Å²) in [6.07, 6.45) is 2.24. The van der Waals surface area contributed by atoms with E-state index in [1.807, 2.05) is 19.1 Å². The average molecular weight is 396 g/mol. The third-order valence-electron chi connectivity index (χ3n) is 5.11. The summed E-state index contributed by atoms with van der Waals surface area (Å²) in [6.45, 7) is 3.37. The molecule has 0 saturated carbocycles. The van der Waals surface area contributed by atoms with Gasteiger partial charge in [0.25, 0.3) is 5.91 Å². The lowest BCUT2D eigenvalue weighted by atomic mass is 9.99. The number of nitrogens with one attached hydrogen (secondary N) is 1. The summed E-state index contributed by atoms with van der Waals surface area (Å²) in [7, 11) is 2.12. The molecular weight excluding hydrogens is 374 g/mol. The molecule has 0 spiro atoms. The van der Waals surface area contributed by atoms with Crippen molar-refractivity contribution in [3.05, 3.63) is 70.0 Å². The molecular formula is C21H22ClN5O. The second-order valence-corrected chi connectivity index (χ2v) is 7.52. The van der Waals surface area contributed by atoms with Gasteiger partial charge in [0.05, 0.1) is 11.4 Å². The molecule has 144 valence electrons. The molecule has 0 unspecified atom stereocenters. The molecule has 1 amide bonds. The van der Waals surface area contributed by atoms with E-state index in [9.17, 15) is 4.79 Å². The first-order valence-electron chi connectivity index (χ1n) is 9.32. The van der Waals surface area contributed by atoms with E-state index in [4.69, 9.17) is 11.6 Å². The van der Waals surface area contributed by atoms with Gasteiger partial charge in [-0.15, -0.1) is 5.10 Å². The molecule has 1 N–H and O–H groups in total. The Labute approximate surface area is 169 Å². The van der Waals surface area contributed by atoms with Gasteiger partial charge in [-0.2, -0.15) is 0 Å². The first-order valence-corrected chi connectivity index (χ1v) is 9.70. The Balaban J connectivity index is 1.48. The molecule has 0 atom stereocenters. The molecule has 7 heteroatoms. The Morgan fingerprint density at radius 2 is 2.11 bits per heavy atom. The molecule has 28 heavy (non-hydrogen) atoms. The molecule has 4 rings (SSSR count). The molecule has 1 aliphatic rings. The fourth-order valence-electron chi connectivity index (χ4n) is 3.61. The molecule has 2 aromatic carbocycles. The van der Waals surface area contributed by atoms with Crippen LogP contribution in [0.15, 0.2) is 42.5 Å². The topological polar surface area (TPSA) is 63.1 Å². The van der Waals surface area contributed by atoms with Crippen LogP contribution in [0.2, 0.25) is 5.02 Å². The van der Waals surface area contributed by atoms with Gasteiger partial charge < -0.3 is 10.2 Å². The van der Waals surface area contributed by atoms with Gasteiger partial charge in [-0.25, -0.2) is 4.68 Å². The van der Waals surface area contributed by atoms with E-state index >= 15 is 0 Å². The minimum Gasteiger partial charge on any atom is -0.374 e. The van der Waals surface area contributed by atoms with Gasteiger partial charge in [0, 0.05) is 30.8 Å². The summed E-state index contributed by atoms with van der Waals surface area (Å²) in [4.78, 5) is 14.9. The number of amides is 1. The van der Waals surface area contributed by atoms with Gasteiger partial charge in [0.2, 0.25) is 0 Å². The normalized spacial score (nSPS) is 13.3. The number of aromatic nitrogens is 3. The predicted molar refractivity (Wildman–Crippen MR) is 110 cm³/mol. The van der Waals surface area contributed by atoms with Crippen LogP contribution in [-0.2, 0) is 13.0 Å². The van der Waals surface area contributed by atoms with Crippen LogP contribution < -0.4 is 10.2 Å². The van der Waals surface area contributed by atoms with E-state index in [1.54, 1.807) is 16.8 Å².